The first-order valence-corrected chi connectivity index (χ1v) is 8.06. The molecule has 0 saturated carbocycles. The molecule has 0 bridgehead atoms. The molecule has 2 rings (SSSR count). The van der Waals surface area contributed by atoms with E-state index >= 15 is 0 Å². The summed E-state index contributed by atoms with van der Waals surface area (Å²) in [7, 11) is -2.28. The van der Waals surface area contributed by atoms with E-state index in [0.29, 0.717) is 22.1 Å². The highest BCUT2D eigenvalue weighted by Gasteiger charge is 2.17. The molecule has 0 heterocycles. The van der Waals surface area contributed by atoms with Gasteiger partial charge in [-0.2, -0.15) is 0 Å². The summed E-state index contributed by atoms with van der Waals surface area (Å²) in [4.78, 5) is 0.0718. The number of rotatable bonds is 4. The summed E-state index contributed by atoms with van der Waals surface area (Å²) < 4.78 is 26.4. The fourth-order valence-corrected chi connectivity index (χ4v) is 2.94. The lowest BCUT2D eigenvalue weighted by Gasteiger charge is -2.14. The second-order valence-electron chi connectivity index (χ2n) is 4.57. The van der Waals surface area contributed by atoms with Crippen molar-refractivity contribution in [3.8, 4) is 0 Å². The molecule has 0 spiro atoms. The molecule has 2 aromatic rings. The van der Waals surface area contributed by atoms with Gasteiger partial charge in [0.15, 0.2) is 0 Å². The number of hydrogen-bond donors (Lipinski definition) is 3. The molecule has 0 saturated heterocycles. The van der Waals surface area contributed by atoms with Gasteiger partial charge in [-0.25, -0.2) is 13.1 Å². The van der Waals surface area contributed by atoms with E-state index in [0.717, 1.165) is 5.56 Å². The normalized spacial score (nSPS) is 11.4. The van der Waals surface area contributed by atoms with Gasteiger partial charge < -0.3 is 11.1 Å². The van der Waals surface area contributed by atoms with Gasteiger partial charge in [-0.1, -0.05) is 17.7 Å². The summed E-state index contributed by atoms with van der Waals surface area (Å²) in [6, 6.07) is 10.1. The van der Waals surface area contributed by atoms with Gasteiger partial charge in [-0.05, 0) is 49.9 Å². The highest BCUT2D eigenvalue weighted by molar-refractivity contribution is 7.89. The van der Waals surface area contributed by atoms with Crippen LogP contribution in [0.15, 0.2) is 41.3 Å². The van der Waals surface area contributed by atoms with Crippen molar-refractivity contribution < 1.29 is 8.42 Å². The van der Waals surface area contributed by atoms with Crippen LogP contribution in [0.5, 0.6) is 0 Å². The molecule has 0 unspecified atom stereocenters. The van der Waals surface area contributed by atoms with Crippen LogP contribution in [-0.4, -0.2) is 15.5 Å². The number of anilines is 3. The van der Waals surface area contributed by atoms with Crippen molar-refractivity contribution in [3.05, 3.63) is 47.0 Å². The summed E-state index contributed by atoms with van der Waals surface area (Å²) in [5.74, 6) is 0. The molecule has 0 aliphatic heterocycles. The Morgan fingerprint density at radius 1 is 1.10 bits per heavy atom. The highest BCUT2D eigenvalue weighted by Crippen LogP contribution is 2.31. The van der Waals surface area contributed by atoms with Gasteiger partial charge in [-0.3, -0.25) is 0 Å². The third-order valence-corrected chi connectivity index (χ3v) is 4.74. The van der Waals surface area contributed by atoms with Crippen molar-refractivity contribution in [2.45, 2.75) is 11.8 Å². The molecular formula is C14H16ClN3O2S. The van der Waals surface area contributed by atoms with Crippen molar-refractivity contribution in [1.82, 2.24) is 4.72 Å². The number of nitrogens with one attached hydrogen (secondary N) is 2. The third kappa shape index (κ3) is 3.47. The Labute approximate surface area is 129 Å². The van der Waals surface area contributed by atoms with E-state index in [2.05, 4.69) is 10.0 Å². The van der Waals surface area contributed by atoms with Crippen molar-refractivity contribution >= 4 is 38.7 Å². The van der Waals surface area contributed by atoms with Gasteiger partial charge in [0, 0.05) is 5.69 Å². The first-order chi connectivity index (χ1) is 9.83. The minimum atomic E-state index is -3.63. The van der Waals surface area contributed by atoms with Crippen LogP contribution in [0.4, 0.5) is 17.1 Å². The van der Waals surface area contributed by atoms with Crippen molar-refractivity contribution in [3.63, 3.8) is 0 Å². The number of benzene rings is 2. The number of aryl methyl sites for hydroxylation is 1. The van der Waals surface area contributed by atoms with Crippen LogP contribution in [0, 0.1) is 6.92 Å². The van der Waals surface area contributed by atoms with Gasteiger partial charge in [-0.15, -0.1) is 0 Å². The van der Waals surface area contributed by atoms with Crippen LogP contribution in [0.25, 0.3) is 0 Å². The van der Waals surface area contributed by atoms with Crippen LogP contribution in [0.3, 0.4) is 0 Å². The number of sulfonamides is 1. The van der Waals surface area contributed by atoms with E-state index in [9.17, 15) is 8.42 Å². The Balaban J connectivity index is 2.52. The summed E-state index contributed by atoms with van der Waals surface area (Å²) in [6.07, 6.45) is 0. The monoisotopic (exact) mass is 325 g/mol. The van der Waals surface area contributed by atoms with E-state index < -0.39 is 10.0 Å². The minimum absolute atomic E-state index is 0.0718. The molecule has 4 N–H and O–H groups in total. The Morgan fingerprint density at radius 2 is 1.81 bits per heavy atom. The van der Waals surface area contributed by atoms with Crippen LogP contribution >= 0.6 is 11.6 Å². The topological polar surface area (TPSA) is 84.2 Å². The predicted molar refractivity (Wildman–Crippen MR) is 86.6 cm³/mol. The first-order valence-electron chi connectivity index (χ1n) is 6.20. The zero-order valence-corrected chi connectivity index (χ0v) is 13.2. The molecule has 0 aliphatic rings. The third-order valence-electron chi connectivity index (χ3n) is 2.96. The number of nitrogen functional groups attached to an aromatic ring is 1. The molecule has 2 aromatic carbocycles. The quantitative estimate of drug-likeness (QED) is 0.755. The molecule has 0 atom stereocenters. The maximum atomic E-state index is 12.1. The molecule has 0 aromatic heterocycles. The minimum Gasteiger partial charge on any atom is -0.399 e. The standard InChI is InChI=1S/C14H16ClN3O2S/c1-9-3-5-11(15)13(7-9)18-12-6-4-10(16)8-14(12)21(19,20)17-2/h3-8,17-18H,16H2,1-2H3. The molecule has 7 heteroatoms. The van der Waals surface area contributed by atoms with Crippen LogP contribution < -0.4 is 15.8 Å². The van der Waals surface area contributed by atoms with Gasteiger partial charge in [0.25, 0.3) is 0 Å². The van der Waals surface area contributed by atoms with E-state index in [1.165, 1.54) is 13.1 Å². The first kappa shape index (κ1) is 15.6. The van der Waals surface area contributed by atoms with E-state index in [1.807, 2.05) is 19.1 Å². The Kier molecular flexibility index (Phi) is 4.41. The molecular weight excluding hydrogens is 310 g/mol. The zero-order chi connectivity index (χ0) is 15.6. The fraction of sp³-hybridized carbons (Fsp3) is 0.143. The summed E-state index contributed by atoms with van der Waals surface area (Å²) in [5, 5.41) is 3.55. The molecule has 5 nitrogen and oxygen atoms in total. The molecule has 0 radical (unpaired) electrons. The fourth-order valence-electron chi connectivity index (χ4n) is 1.85. The SMILES string of the molecule is CNS(=O)(=O)c1cc(N)ccc1Nc1cc(C)ccc1Cl. The summed E-state index contributed by atoms with van der Waals surface area (Å²) >= 11 is 6.13. The second kappa shape index (κ2) is 5.93. The van der Waals surface area contributed by atoms with Crippen LogP contribution in [0.2, 0.25) is 5.02 Å². The number of nitrogens with two attached hydrogens (primary N) is 1. The lowest BCUT2D eigenvalue weighted by Crippen LogP contribution is -2.20. The average molecular weight is 326 g/mol. The lowest BCUT2D eigenvalue weighted by molar-refractivity contribution is 0.588. The van der Waals surface area contributed by atoms with Crippen molar-refractivity contribution in [1.29, 1.82) is 0 Å². The maximum Gasteiger partial charge on any atom is 0.242 e. The average Bonchev–Trinajstić information content (AvgIpc) is 2.44. The van der Waals surface area contributed by atoms with Gasteiger partial charge in [0.2, 0.25) is 10.0 Å². The predicted octanol–water partition coefficient (Wildman–Crippen LogP) is 2.88. The maximum absolute atomic E-state index is 12.1. The Hall–Kier alpha value is -1.76. The molecule has 21 heavy (non-hydrogen) atoms. The molecule has 112 valence electrons. The summed E-state index contributed by atoms with van der Waals surface area (Å²) in [5.41, 5.74) is 8.10. The lowest BCUT2D eigenvalue weighted by atomic mass is 10.2. The smallest absolute Gasteiger partial charge is 0.242 e. The van der Waals surface area contributed by atoms with Crippen LogP contribution in [0.1, 0.15) is 5.56 Å². The summed E-state index contributed by atoms with van der Waals surface area (Å²) in [6.45, 7) is 1.93. The van der Waals surface area contributed by atoms with E-state index in [1.54, 1.807) is 18.2 Å². The van der Waals surface area contributed by atoms with Gasteiger partial charge >= 0.3 is 0 Å². The zero-order valence-electron chi connectivity index (χ0n) is 11.6. The van der Waals surface area contributed by atoms with Crippen LogP contribution in [-0.2, 0) is 10.0 Å². The van der Waals surface area contributed by atoms with Crippen molar-refractivity contribution in [2.75, 3.05) is 18.1 Å². The van der Waals surface area contributed by atoms with Gasteiger partial charge in [0.1, 0.15) is 4.90 Å². The second-order valence-corrected chi connectivity index (χ2v) is 6.83. The van der Waals surface area contributed by atoms with Gasteiger partial charge in [0.05, 0.1) is 16.4 Å². The van der Waals surface area contributed by atoms with E-state index in [-0.39, 0.29) is 4.90 Å². The highest BCUT2D eigenvalue weighted by atomic mass is 35.5. The number of halogens is 1. The van der Waals surface area contributed by atoms with Crippen molar-refractivity contribution in [2.24, 2.45) is 0 Å². The Morgan fingerprint density at radius 3 is 2.48 bits per heavy atom. The molecule has 0 amide bonds. The Bertz CT molecular complexity index is 776. The molecule has 0 fully saturated rings. The number of hydrogen-bond acceptors (Lipinski definition) is 4. The molecule has 0 aliphatic carbocycles. The van der Waals surface area contributed by atoms with E-state index in [4.69, 9.17) is 17.3 Å². The largest absolute Gasteiger partial charge is 0.399 e.